The SMILES string of the molecule is CCN(CC(=O)c1ccc(C)s1)c1cccc(F)c1. The highest BCUT2D eigenvalue weighted by molar-refractivity contribution is 7.14. The van der Waals surface area contributed by atoms with Crippen molar-refractivity contribution < 1.29 is 9.18 Å². The highest BCUT2D eigenvalue weighted by atomic mass is 32.1. The first-order valence-electron chi connectivity index (χ1n) is 6.20. The van der Waals surface area contributed by atoms with E-state index in [-0.39, 0.29) is 18.1 Å². The van der Waals surface area contributed by atoms with Gasteiger partial charge in [0.05, 0.1) is 11.4 Å². The van der Waals surface area contributed by atoms with Crippen molar-refractivity contribution in [2.24, 2.45) is 0 Å². The first-order chi connectivity index (χ1) is 9.10. The average Bonchev–Trinajstić information content (AvgIpc) is 2.82. The van der Waals surface area contributed by atoms with E-state index in [0.717, 1.165) is 15.4 Å². The first kappa shape index (κ1) is 13.7. The van der Waals surface area contributed by atoms with E-state index in [1.807, 2.05) is 36.9 Å². The van der Waals surface area contributed by atoms with Crippen molar-refractivity contribution in [3.8, 4) is 0 Å². The van der Waals surface area contributed by atoms with Crippen LogP contribution >= 0.6 is 11.3 Å². The predicted molar refractivity (Wildman–Crippen MR) is 77.7 cm³/mol. The number of likely N-dealkylation sites (N-methyl/N-ethyl adjacent to an activating group) is 1. The summed E-state index contributed by atoms with van der Waals surface area (Å²) in [6, 6.07) is 10.1. The third-order valence-corrected chi connectivity index (χ3v) is 3.95. The molecule has 0 atom stereocenters. The van der Waals surface area contributed by atoms with Crippen molar-refractivity contribution >= 4 is 22.8 Å². The number of hydrogen-bond acceptors (Lipinski definition) is 3. The Balaban J connectivity index is 2.13. The minimum Gasteiger partial charge on any atom is -0.364 e. The molecule has 2 rings (SSSR count). The number of thiophene rings is 1. The molecule has 0 bridgehead atoms. The van der Waals surface area contributed by atoms with E-state index >= 15 is 0 Å². The maximum absolute atomic E-state index is 13.2. The number of carbonyl (C=O) groups excluding carboxylic acids is 1. The molecule has 4 heteroatoms. The van der Waals surface area contributed by atoms with E-state index in [0.29, 0.717) is 6.54 Å². The first-order valence-corrected chi connectivity index (χ1v) is 7.02. The third kappa shape index (κ3) is 3.41. The topological polar surface area (TPSA) is 20.3 Å². The van der Waals surface area contributed by atoms with E-state index in [9.17, 15) is 9.18 Å². The van der Waals surface area contributed by atoms with Crippen LogP contribution in [0.1, 0.15) is 21.5 Å². The lowest BCUT2D eigenvalue weighted by Gasteiger charge is -2.21. The van der Waals surface area contributed by atoms with Crippen LogP contribution in [0.2, 0.25) is 0 Å². The molecule has 100 valence electrons. The lowest BCUT2D eigenvalue weighted by molar-refractivity contribution is 0.100. The summed E-state index contributed by atoms with van der Waals surface area (Å²) < 4.78 is 13.2. The number of ketones is 1. The van der Waals surface area contributed by atoms with Crippen LogP contribution in [0, 0.1) is 12.7 Å². The van der Waals surface area contributed by atoms with E-state index in [1.54, 1.807) is 6.07 Å². The quantitative estimate of drug-likeness (QED) is 0.772. The van der Waals surface area contributed by atoms with Gasteiger partial charge in [-0.05, 0) is 44.2 Å². The Labute approximate surface area is 116 Å². The molecule has 1 aromatic carbocycles. The summed E-state index contributed by atoms with van der Waals surface area (Å²) in [5, 5.41) is 0. The van der Waals surface area contributed by atoms with E-state index < -0.39 is 0 Å². The highest BCUT2D eigenvalue weighted by Crippen LogP contribution is 2.19. The molecule has 0 aliphatic carbocycles. The standard InChI is InChI=1S/C15H16FNOS/c1-3-17(13-6-4-5-12(16)9-13)10-14(18)15-8-7-11(2)19-15/h4-9H,3,10H2,1-2H3. The zero-order chi connectivity index (χ0) is 13.8. The molecule has 0 radical (unpaired) electrons. The highest BCUT2D eigenvalue weighted by Gasteiger charge is 2.13. The fourth-order valence-electron chi connectivity index (χ4n) is 1.89. The second-order valence-electron chi connectivity index (χ2n) is 4.33. The summed E-state index contributed by atoms with van der Waals surface area (Å²) in [4.78, 5) is 15.9. The maximum atomic E-state index is 13.2. The van der Waals surface area contributed by atoms with Crippen LogP contribution in [0.4, 0.5) is 10.1 Å². The van der Waals surface area contributed by atoms with Crippen molar-refractivity contribution in [3.05, 3.63) is 52.0 Å². The van der Waals surface area contributed by atoms with Gasteiger partial charge in [-0.2, -0.15) is 0 Å². The Morgan fingerprint density at radius 1 is 1.32 bits per heavy atom. The normalized spacial score (nSPS) is 10.5. The molecule has 0 N–H and O–H groups in total. The van der Waals surface area contributed by atoms with Crippen LogP contribution in [-0.4, -0.2) is 18.9 Å². The van der Waals surface area contributed by atoms with Gasteiger partial charge in [0.15, 0.2) is 5.78 Å². The number of Topliss-reactive ketones (excluding diaryl/α,β-unsaturated/α-hetero) is 1. The number of carbonyl (C=O) groups is 1. The number of benzene rings is 1. The zero-order valence-corrected chi connectivity index (χ0v) is 11.8. The van der Waals surface area contributed by atoms with Crippen LogP contribution in [0.25, 0.3) is 0 Å². The molecule has 0 saturated heterocycles. The number of anilines is 1. The smallest absolute Gasteiger partial charge is 0.191 e. The summed E-state index contributed by atoms with van der Waals surface area (Å²) in [7, 11) is 0. The van der Waals surface area contributed by atoms with Crippen molar-refractivity contribution in [2.45, 2.75) is 13.8 Å². The van der Waals surface area contributed by atoms with Crippen molar-refractivity contribution in [3.63, 3.8) is 0 Å². The fraction of sp³-hybridized carbons (Fsp3) is 0.267. The van der Waals surface area contributed by atoms with Gasteiger partial charge in [-0.15, -0.1) is 11.3 Å². The number of aryl methyl sites for hydroxylation is 1. The zero-order valence-electron chi connectivity index (χ0n) is 11.0. The summed E-state index contributed by atoms with van der Waals surface area (Å²) in [5.41, 5.74) is 0.740. The largest absolute Gasteiger partial charge is 0.364 e. The van der Waals surface area contributed by atoms with Gasteiger partial charge in [0.1, 0.15) is 5.82 Å². The van der Waals surface area contributed by atoms with Gasteiger partial charge in [0, 0.05) is 17.1 Å². The molecular weight excluding hydrogens is 261 g/mol. The molecule has 0 fully saturated rings. The molecular formula is C15H16FNOS. The molecule has 0 aliphatic rings. The van der Waals surface area contributed by atoms with Gasteiger partial charge in [-0.3, -0.25) is 4.79 Å². The summed E-state index contributed by atoms with van der Waals surface area (Å²) >= 11 is 1.50. The molecule has 2 aromatic rings. The Morgan fingerprint density at radius 3 is 2.68 bits per heavy atom. The average molecular weight is 277 g/mol. The minimum atomic E-state index is -0.282. The van der Waals surface area contributed by atoms with Crippen LogP contribution in [-0.2, 0) is 0 Å². The number of nitrogens with zero attached hydrogens (tertiary/aromatic N) is 1. The molecule has 19 heavy (non-hydrogen) atoms. The molecule has 0 saturated carbocycles. The fourth-order valence-corrected chi connectivity index (χ4v) is 2.69. The van der Waals surface area contributed by atoms with Crippen molar-refractivity contribution in [1.29, 1.82) is 0 Å². The summed E-state index contributed by atoms with van der Waals surface area (Å²) in [6.45, 7) is 4.88. The summed E-state index contributed by atoms with van der Waals surface area (Å²) in [6.07, 6.45) is 0. The molecule has 1 aromatic heterocycles. The van der Waals surface area contributed by atoms with E-state index in [2.05, 4.69) is 0 Å². The van der Waals surface area contributed by atoms with Crippen molar-refractivity contribution in [1.82, 2.24) is 0 Å². The van der Waals surface area contributed by atoms with Gasteiger partial charge in [-0.1, -0.05) is 6.07 Å². The van der Waals surface area contributed by atoms with Gasteiger partial charge in [0.25, 0.3) is 0 Å². The second kappa shape index (κ2) is 5.97. The number of hydrogen-bond donors (Lipinski definition) is 0. The Bertz CT molecular complexity index is 579. The Morgan fingerprint density at radius 2 is 2.11 bits per heavy atom. The third-order valence-electron chi connectivity index (χ3n) is 2.90. The van der Waals surface area contributed by atoms with Crippen molar-refractivity contribution in [2.75, 3.05) is 18.0 Å². The lowest BCUT2D eigenvalue weighted by Crippen LogP contribution is -2.29. The second-order valence-corrected chi connectivity index (χ2v) is 5.62. The molecule has 0 amide bonds. The molecule has 0 unspecified atom stereocenters. The van der Waals surface area contributed by atoms with E-state index in [4.69, 9.17) is 0 Å². The maximum Gasteiger partial charge on any atom is 0.191 e. The van der Waals surface area contributed by atoms with Crippen LogP contribution < -0.4 is 4.90 Å². The predicted octanol–water partition coefficient (Wildman–Crippen LogP) is 3.90. The summed E-state index contributed by atoms with van der Waals surface area (Å²) in [5.74, 6) is -0.209. The molecule has 1 heterocycles. The molecule has 0 spiro atoms. The van der Waals surface area contributed by atoms with Gasteiger partial charge in [0.2, 0.25) is 0 Å². The Hall–Kier alpha value is -1.68. The Kier molecular flexibility index (Phi) is 4.32. The van der Waals surface area contributed by atoms with Crippen LogP contribution in [0.15, 0.2) is 36.4 Å². The van der Waals surface area contributed by atoms with Crippen LogP contribution in [0.5, 0.6) is 0 Å². The van der Waals surface area contributed by atoms with Crippen LogP contribution in [0.3, 0.4) is 0 Å². The molecule has 2 nitrogen and oxygen atoms in total. The van der Waals surface area contributed by atoms with Gasteiger partial charge in [-0.25, -0.2) is 4.39 Å². The lowest BCUT2D eigenvalue weighted by atomic mass is 10.2. The van der Waals surface area contributed by atoms with E-state index in [1.165, 1.54) is 23.5 Å². The van der Waals surface area contributed by atoms with Gasteiger partial charge >= 0.3 is 0 Å². The monoisotopic (exact) mass is 277 g/mol. The number of rotatable bonds is 5. The minimum absolute atomic E-state index is 0.0733. The molecule has 0 aliphatic heterocycles. The van der Waals surface area contributed by atoms with Gasteiger partial charge < -0.3 is 4.90 Å². The number of halogens is 1.